The molecule has 4 aromatic rings. The van der Waals surface area contributed by atoms with Crippen LogP contribution in [-0.2, 0) is 6.54 Å². The Kier molecular flexibility index (Phi) is 7.55. The third-order valence-electron chi connectivity index (χ3n) is 7.30. The summed E-state index contributed by atoms with van der Waals surface area (Å²) in [4.78, 5) is 23.8. The highest BCUT2D eigenvalue weighted by atomic mass is 32.1. The van der Waals surface area contributed by atoms with E-state index >= 15 is 0 Å². The summed E-state index contributed by atoms with van der Waals surface area (Å²) in [5, 5.41) is 8.92. The number of aromatic nitrogens is 3. The Morgan fingerprint density at radius 1 is 1.15 bits per heavy atom. The molecule has 2 aliphatic heterocycles. The minimum absolute atomic E-state index is 0.161. The van der Waals surface area contributed by atoms with Crippen molar-refractivity contribution in [2.75, 3.05) is 29.9 Å². The number of rotatable bonds is 8. The summed E-state index contributed by atoms with van der Waals surface area (Å²) >= 11 is 1.43. The molecule has 1 aromatic carbocycles. The van der Waals surface area contributed by atoms with Crippen LogP contribution in [-0.4, -0.2) is 46.2 Å². The van der Waals surface area contributed by atoms with E-state index in [1.165, 1.54) is 23.6 Å². The van der Waals surface area contributed by atoms with Crippen LogP contribution >= 0.6 is 11.3 Å². The van der Waals surface area contributed by atoms with E-state index in [0.29, 0.717) is 17.4 Å². The fourth-order valence-electron chi connectivity index (χ4n) is 5.36. The molecule has 10 heteroatoms. The van der Waals surface area contributed by atoms with Gasteiger partial charge in [-0.25, -0.2) is 9.97 Å². The number of carbonyl (C=O) groups is 1. The Labute approximate surface area is 230 Å². The monoisotopic (exact) mass is 546 g/mol. The molecular formula is C29H31FN6O2S. The minimum atomic E-state index is -0.538. The number of thiazole rings is 1. The van der Waals surface area contributed by atoms with Crippen LogP contribution in [0.25, 0.3) is 0 Å². The number of piperidine rings is 1. The highest BCUT2D eigenvalue weighted by Gasteiger charge is 2.29. The van der Waals surface area contributed by atoms with Gasteiger partial charge in [-0.2, -0.15) is 4.39 Å². The van der Waals surface area contributed by atoms with Crippen LogP contribution in [0.15, 0.2) is 66.3 Å². The fraction of sp³-hybridized carbons (Fsp3) is 0.345. The number of halogens is 1. The molecule has 0 aliphatic carbocycles. The molecule has 0 radical (unpaired) electrons. The van der Waals surface area contributed by atoms with Crippen molar-refractivity contribution < 1.29 is 13.9 Å². The predicted octanol–water partition coefficient (Wildman–Crippen LogP) is 5.25. The minimum Gasteiger partial charge on any atom is -0.490 e. The first-order chi connectivity index (χ1) is 19.1. The lowest BCUT2D eigenvalue weighted by atomic mass is 10.1. The van der Waals surface area contributed by atoms with E-state index in [4.69, 9.17) is 9.72 Å². The smallest absolute Gasteiger partial charge is 0.274 e. The van der Waals surface area contributed by atoms with Crippen molar-refractivity contribution in [2.24, 2.45) is 0 Å². The zero-order valence-electron chi connectivity index (χ0n) is 21.6. The van der Waals surface area contributed by atoms with E-state index < -0.39 is 5.95 Å². The van der Waals surface area contributed by atoms with E-state index in [1.807, 2.05) is 5.38 Å². The van der Waals surface area contributed by atoms with Gasteiger partial charge in [0.2, 0.25) is 5.95 Å². The Morgan fingerprint density at radius 3 is 2.82 bits per heavy atom. The van der Waals surface area contributed by atoms with Gasteiger partial charge in [0.15, 0.2) is 5.13 Å². The maximum atomic E-state index is 13.5. The van der Waals surface area contributed by atoms with Gasteiger partial charge in [0.05, 0.1) is 11.7 Å². The summed E-state index contributed by atoms with van der Waals surface area (Å²) < 4.78 is 21.5. The van der Waals surface area contributed by atoms with E-state index in [-0.39, 0.29) is 18.1 Å². The lowest BCUT2D eigenvalue weighted by Gasteiger charge is -2.27. The summed E-state index contributed by atoms with van der Waals surface area (Å²) in [6.07, 6.45) is 7.68. The van der Waals surface area contributed by atoms with E-state index in [2.05, 4.69) is 44.8 Å². The predicted molar refractivity (Wildman–Crippen MR) is 150 cm³/mol. The van der Waals surface area contributed by atoms with Crippen molar-refractivity contribution in [1.82, 2.24) is 19.9 Å². The normalized spacial score (nSPS) is 17.9. The molecule has 8 nitrogen and oxygen atoms in total. The molecule has 39 heavy (non-hydrogen) atoms. The molecule has 0 spiro atoms. The maximum Gasteiger partial charge on any atom is 0.274 e. The van der Waals surface area contributed by atoms with Gasteiger partial charge in [0.1, 0.15) is 17.5 Å². The number of anilines is 2. The first-order valence-corrected chi connectivity index (χ1v) is 14.3. The van der Waals surface area contributed by atoms with E-state index in [0.717, 1.165) is 68.0 Å². The van der Waals surface area contributed by atoms with Crippen LogP contribution in [0.2, 0.25) is 0 Å². The number of nitrogens with one attached hydrogen (secondary N) is 2. The average Bonchev–Trinajstić information content (AvgIpc) is 3.71. The summed E-state index contributed by atoms with van der Waals surface area (Å²) in [6, 6.07) is 15.2. The number of nitrogens with zero attached hydrogens (tertiary/aromatic N) is 4. The first kappa shape index (κ1) is 25.5. The largest absolute Gasteiger partial charge is 0.490 e. The highest BCUT2D eigenvalue weighted by Crippen LogP contribution is 2.38. The van der Waals surface area contributed by atoms with Crippen LogP contribution in [0, 0.1) is 5.95 Å². The Bertz CT molecular complexity index is 1420. The molecule has 0 saturated carbocycles. The van der Waals surface area contributed by atoms with Crippen LogP contribution in [0.3, 0.4) is 0 Å². The summed E-state index contributed by atoms with van der Waals surface area (Å²) in [5.74, 6) is 0.130. The fourth-order valence-corrected chi connectivity index (χ4v) is 6.11. The molecule has 202 valence electrons. The van der Waals surface area contributed by atoms with E-state index in [9.17, 15) is 9.18 Å². The SMILES string of the molecule is O=C(Nc1nc([C@H]2CCCN2c2ccc(OC3CCNCC3)cc2)cs1)c1cccn1Cc1ccnc(F)c1. The number of pyridine rings is 1. The summed E-state index contributed by atoms with van der Waals surface area (Å²) in [7, 11) is 0. The standard InChI is InChI=1S/C29H31FN6O2S/c30-27-17-20(9-14-32-27)18-35-15-1-4-26(35)28(37)34-29-33-24(19-39-29)25-3-2-16-36(25)21-5-7-22(8-6-21)38-23-10-12-31-13-11-23/h1,4-9,14-15,17,19,23,25,31H,2-3,10-13,16,18H2,(H,33,34,37)/t25-/m1/s1. The zero-order chi connectivity index (χ0) is 26.6. The molecule has 2 saturated heterocycles. The summed E-state index contributed by atoms with van der Waals surface area (Å²) in [5.41, 5.74) is 3.33. The molecule has 2 fully saturated rings. The highest BCUT2D eigenvalue weighted by molar-refractivity contribution is 7.14. The van der Waals surface area contributed by atoms with E-state index in [1.54, 1.807) is 29.0 Å². The van der Waals surface area contributed by atoms with Crippen LogP contribution in [0.5, 0.6) is 5.75 Å². The molecule has 3 aromatic heterocycles. The molecule has 2 aliphatic rings. The molecule has 1 atom stereocenters. The van der Waals surface area contributed by atoms with Crippen LogP contribution < -0.4 is 20.3 Å². The molecule has 6 rings (SSSR count). The number of ether oxygens (including phenoxy) is 1. The average molecular weight is 547 g/mol. The van der Waals surface area contributed by atoms with Gasteiger partial charge >= 0.3 is 0 Å². The van der Waals surface area contributed by atoms with Crippen LogP contribution in [0.4, 0.5) is 15.2 Å². The Balaban J connectivity index is 1.10. The Hall–Kier alpha value is -3.76. The second kappa shape index (κ2) is 11.5. The molecule has 2 N–H and O–H groups in total. The zero-order valence-corrected chi connectivity index (χ0v) is 22.4. The van der Waals surface area contributed by atoms with Crippen molar-refractivity contribution in [3.8, 4) is 5.75 Å². The molecule has 0 bridgehead atoms. The maximum absolute atomic E-state index is 13.5. The third kappa shape index (κ3) is 5.97. The van der Waals surface area contributed by atoms with Crippen molar-refractivity contribution >= 4 is 28.1 Å². The topological polar surface area (TPSA) is 84.3 Å². The second-order valence-corrected chi connectivity index (χ2v) is 10.8. The lowest BCUT2D eigenvalue weighted by molar-refractivity contribution is 0.101. The van der Waals surface area contributed by atoms with Crippen molar-refractivity contribution in [1.29, 1.82) is 0 Å². The first-order valence-electron chi connectivity index (χ1n) is 13.4. The molecule has 5 heterocycles. The van der Waals surface area contributed by atoms with Crippen LogP contribution in [0.1, 0.15) is 53.5 Å². The van der Waals surface area contributed by atoms with Gasteiger partial charge < -0.3 is 19.5 Å². The summed E-state index contributed by atoms with van der Waals surface area (Å²) in [6.45, 7) is 3.35. The van der Waals surface area contributed by atoms with Gasteiger partial charge in [0.25, 0.3) is 5.91 Å². The lowest BCUT2D eigenvalue weighted by Crippen LogP contribution is -2.34. The van der Waals surface area contributed by atoms with Crippen molar-refractivity contribution in [2.45, 2.75) is 44.4 Å². The molecular weight excluding hydrogens is 515 g/mol. The van der Waals surface area contributed by atoms with Crippen molar-refractivity contribution in [3.63, 3.8) is 0 Å². The number of benzene rings is 1. The number of hydrogen-bond acceptors (Lipinski definition) is 7. The second-order valence-electron chi connectivity index (χ2n) is 9.95. The van der Waals surface area contributed by atoms with Gasteiger partial charge in [-0.05, 0) is 92.9 Å². The van der Waals surface area contributed by atoms with Gasteiger partial charge in [-0.15, -0.1) is 11.3 Å². The number of carbonyl (C=O) groups excluding carboxylic acids is 1. The van der Waals surface area contributed by atoms with Gasteiger partial charge in [-0.3, -0.25) is 10.1 Å². The number of amides is 1. The third-order valence-corrected chi connectivity index (χ3v) is 8.08. The van der Waals surface area contributed by atoms with Gasteiger partial charge in [0, 0.05) is 36.6 Å². The quantitative estimate of drug-likeness (QED) is 0.294. The Morgan fingerprint density at radius 2 is 2.00 bits per heavy atom. The van der Waals surface area contributed by atoms with Crippen molar-refractivity contribution in [3.05, 3.63) is 89.2 Å². The van der Waals surface area contributed by atoms with Gasteiger partial charge in [-0.1, -0.05) is 0 Å². The number of hydrogen-bond donors (Lipinski definition) is 2. The molecule has 1 amide bonds. The molecule has 0 unspecified atom stereocenters.